The van der Waals surface area contributed by atoms with Crippen molar-refractivity contribution in [1.82, 2.24) is 4.90 Å². The van der Waals surface area contributed by atoms with E-state index in [0.717, 1.165) is 39.0 Å². The summed E-state index contributed by atoms with van der Waals surface area (Å²) in [6.07, 6.45) is 4.66. The van der Waals surface area contributed by atoms with E-state index in [-0.39, 0.29) is 16.4 Å². The van der Waals surface area contributed by atoms with E-state index in [9.17, 15) is 14.9 Å². The van der Waals surface area contributed by atoms with Gasteiger partial charge in [0.1, 0.15) is 5.69 Å². The van der Waals surface area contributed by atoms with Crippen LogP contribution < -0.4 is 4.90 Å². The van der Waals surface area contributed by atoms with Crippen molar-refractivity contribution in [3.8, 4) is 0 Å². The molecule has 4 rings (SSSR count). The number of carbonyl (C=O) groups is 1. The van der Waals surface area contributed by atoms with Crippen LogP contribution in [0.15, 0.2) is 48.5 Å². The lowest BCUT2D eigenvalue weighted by Crippen LogP contribution is -2.47. The number of benzene rings is 2. The van der Waals surface area contributed by atoms with Gasteiger partial charge in [-0.3, -0.25) is 19.8 Å². The van der Waals surface area contributed by atoms with E-state index in [0.29, 0.717) is 22.9 Å². The van der Waals surface area contributed by atoms with E-state index in [1.165, 1.54) is 18.9 Å². The minimum atomic E-state index is -0.365. The number of likely N-dealkylation sites (tertiary alicyclic amines) is 1. The van der Waals surface area contributed by atoms with Crippen molar-refractivity contribution >= 4 is 17.2 Å². The van der Waals surface area contributed by atoms with Gasteiger partial charge in [-0.2, -0.15) is 0 Å². The highest BCUT2D eigenvalue weighted by molar-refractivity contribution is 6.09. The molecule has 0 saturated carbocycles. The van der Waals surface area contributed by atoms with Gasteiger partial charge in [-0.25, -0.2) is 0 Å². The topological polar surface area (TPSA) is 66.7 Å². The second-order valence-electron chi connectivity index (χ2n) is 7.64. The molecule has 2 saturated heterocycles. The first kappa shape index (κ1) is 18.6. The SMILES string of the molecule is O=C(c1ccccc1)c1ccc(N2CCCC(N3CCCC3)C2)c([N+](=O)[O-])c1. The zero-order valence-corrected chi connectivity index (χ0v) is 15.9. The molecule has 2 aromatic rings. The number of ketones is 1. The Hall–Kier alpha value is -2.73. The Labute approximate surface area is 164 Å². The van der Waals surface area contributed by atoms with Crippen molar-refractivity contribution in [3.63, 3.8) is 0 Å². The van der Waals surface area contributed by atoms with Crippen molar-refractivity contribution in [2.75, 3.05) is 31.1 Å². The molecule has 1 atom stereocenters. The quantitative estimate of drug-likeness (QED) is 0.448. The van der Waals surface area contributed by atoms with Gasteiger partial charge in [0.25, 0.3) is 5.69 Å². The van der Waals surface area contributed by atoms with Gasteiger partial charge in [0.15, 0.2) is 5.78 Å². The first-order valence-electron chi connectivity index (χ1n) is 10.0. The van der Waals surface area contributed by atoms with Gasteiger partial charge in [-0.1, -0.05) is 30.3 Å². The summed E-state index contributed by atoms with van der Waals surface area (Å²) in [7, 11) is 0. The van der Waals surface area contributed by atoms with E-state index in [1.807, 2.05) is 6.07 Å². The van der Waals surface area contributed by atoms with E-state index in [1.54, 1.807) is 36.4 Å². The standard InChI is InChI=1S/C22H25N3O3/c26-22(17-7-2-1-3-8-17)18-10-11-20(21(15-18)25(27)28)24-14-6-9-19(16-24)23-12-4-5-13-23/h1-3,7-8,10-11,15,19H,4-6,9,12-14,16H2. The molecule has 0 amide bonds. The molecule has 146 valence electrons. The zero-order valence-electron chi connectivity index (χ0n) is 15.9. The van der Waals surface area contributed by atoms with E-state index in [2.05, 4.69) is 9.80 Å². The molecule has 2 heterocycles. The Morgan fingerprint density at radius 2 is 1.71 bits per heavy atom. The number of nitro groups is 1. The fourth-order valence-corrected chi connectivity index (χ4v) is 4.41. The maximum absolute atomic E-state index is 12.7. The first-order valence-corrected chi connectivity index (χ1v) is 10.0. The Morgan fingerprint density at radius 1 is 0.964 bits per heavy atom. The minimum Gasteiger partial charge on any atom is -0.364 e. The van der Waals surface area contributed by atoms with Gasteiger partial charge in [-0.05, 0) is 50.9 Å². The predicted octanol–water partition coefficient (Wildman–Crippen LogP) is 3.89. The second-order valence-corrected chi connectivity index (χ2v) is 7.64. The number of anilines is 1. The van der Waals surface area contributed by atoms with E-state index < -0.39 is 0 Å². The minimum absolute atomic E-state index is 0.0175. The summed E-state index contributed by atoms with van der Waals surface area (Å²) >= 11 is 0. The third-order valence-electron chi connectivity index (χ3n) is 5.86. The van der Waals surface area contributed by atoms with Gasteiger partial charge < -0.3 is 4.90 Å². The van der Waals surface area contributed by atoms with Crippen LogP contribution >= 0.6 is 0 Å². The number of rotatable bonds is 5. The van der Waals surface area contributed by atoms with Crippen LogP contribution in [0.2, 0.25) is 0 Å². The largest absolute Gasteiger partial charge is 0.364 e. The number of hydrogen-bond donors (Lipinski definition) is 0. The summed E-state index contributed by atoms with van der Waals surface area (Å²) < 4.78 is 0. The molecule has 0 aromatic heterocycles. The zero-order chi connectivity index (χ0) is 19.5. The van der Waals surface area contributed by atoms with Gasteiger partial charge in [-0.15, -0.1) is 0 Å². The van der Waals surface area contributed by atoms with Crippen LogP contribution in [-0.4, -0.2) is 47.8 Å². The molecule has 0 radical (unpaired) electrons. The molecule has 2 aromatic carbocycles. The second kappa shape index (κ2) is 8.10. The van der Waals surface area contributed by atoms with Crippen LogP contribution in [0.4, 0.5) is 11.4 Å². The van der Waals surface area contributed by atoms with E-state index in [4.69, 9.17) is 0 Å². The van der Waals surface area contributed by atoms with Crippen molar-refractivity contribution in [2.45, 2.75) is 31.7 Å². The van der Waals surface area contributed by atoms with Crippen LogP contribution in [0.25, 0.3) is 0 Å². The summed E-state index contributed by atoms with van der Waals surface area (Å²) in [5.74, 6) is -0.191. The Bertz CT molecular complexity index is 863. The average molecular weight is 379 g/mol. The lowest BCUT2D eigenvalue weighted by molar-refractivity contribution is -0.384. The molecule has 28 heavy (non-hydrogen) atoms. The maximum Gasteiger partial charge on any atom is 0.293 e. The molecular weight excluding hydrogens is 354 g/mol. The molecule has 0 bridgehead atoms. The van der Waals surface area contributed by atoms with Crippen molar-refractivity contribution in [2.24, 2.45) is 0 Å². The van der Waals surface area contributed by atoms with Crippen molar-refractivity contribution in [1.29, 1.82) is 0 Å². The summed E-state index contributed by atoms with van der Waals surface area (Å²) in [4.78, 5) is 28.7. The number of nitro benzene ring substituents is 1. The van der Waals surface area contributed by atoms with Gasteiger partial charge in [0.05, 0.1) is 4.92 Å². The summed E-state index contributed by atoms with van der Waals surface area (Å²) in [5, 5.41) is 11.8. The smallest absolute Gasteiger partial charge is 0.293 e. The van der Waals surface area contributed by atoms with Gasteiger partial charge >= 0.3 is 0 Å². The molecule has 0 N–H and O–H groups in total. The molecule has 0 spiro atoms. The number of nitrogens with zero attached hydrogens (tertiary/aromatic N) is 3. The molecule has 2 aliphatic rings. The normalized spacial score (nSPS) is 20.3. The highest BCUT2D eigenvalue weighted by Gasteiger charge is 2.30. The Morgan fingerprint density at radius 3 is 2.43 bits per heavy atom. The maximum atomic E-state index is 12.7. The van der Waals surface area contributed by atoms with Crippen molar-refractivity contribution < 1.29 is 9.72 Å². The summed E-state index contributed by atoms with van der Waals surface area (Å²) in [6.45, 7) is 3.89. The highest BCUT2D eigenvalue weighted by atomic mass is 16.6. The average Bonchev–Trinajstić information content (AvgIpc) is 3.28. The lowest BCUT2D eigenvalue weighted by atomic mass is 10.00. The van der Waals surface area contributed by atoms with Gasteiger partial charge in [0.2, 0.25) is 0 Å². The van der Waals surface area contributed by atoms with E-state index >= 15 is 0 Å². The predicted molar refractivity (Wildman–Crippen MR) is 109 cm³/mol. The molecular formula is C22H25N3O3. The van der Waals surface area contributed by atoms with Crippen LogP contribution in [0.5, 0.6) is 0 Å². The Kier molecular flexibility index (Phi) is 5.39. The molecule has 6 nitrogen and oxygen atoms in total. The Balaban J connectivity index is 1.60. The van der Waals surface area contributed by atoms with Crippen molar-refractivity contribution in [3.05, 3.63) is 69.8 Å². The third kappa shape index (κ3) is 3.78. The molecule has 2 aliphatic heterocycles. The number of piperidine rings is 1. The number of carbonyl (C=O) groups excluding carboxylic acids is 1. The van der Waals surface area contributed by atoms with Crippen LogP contribution in [0.1, 0.15) is 41.6 Å². The molecule has 2 fully saturated rings. The summed E-state index contributed by atoms with van der Waals surface area (Å²) in [6, 6.07) is 14.3. The lowest BCUT2D eigenvalue weighted by Gasteiger charge is -2.38. The van der Waals surface area contributed by atoms with Crippen LogP contribution in [0, 0.1) is 10.1 Å². The van der Waals surface area contributed by atoms with Gasteiger partial charge in [0, 0.05) is 36.3 Å². The number of hydrogen-bond acceptors (Lipinski definition) is 5. The fraction of sp³-hybridized carbons (Fsp3) is 0.409. The third-order valence-corrected chi connectivity index (χ3v) is 5.86. The highest BCUT2D eigenvalue weighted by Crippen LogP contribution is 2.33. The molecule has 1 unspecified atom stereocenters. The first-order chi connectivity index (χ1) is 13.6. The fourth-order valence-electron chi connectivity index (χ4n) is 4.41. The monoisotopic (exact) mass is 379 g/mol. The van der Waals surface area contributed by atoms with Crippen LogP contribution in [0.3, 0.4) is 0 Å². The molecule has 6 heteroatoms. The van der Waals surface area contributed by atoms with Crippen LogP contribution in [-0.2, 0) is 0 Å². The summed E-state index contributed by atoms with van der Waals surface area (Å²) in [5.41, 5.74) is 1.54. The molecule has 0 aliphatic carbocycles.